The van der Waals surface area contributed by atoms with Crippen LogP contribution in [0.3, 0.4) is 0 Å². The molecule has 112 valence electrons. The van der Waals surface area contributed by atoms with Crippen LogP contribution >= 0.6 is 0 Å². The predicted octanol–water partition coefficient (Wildman–Crippen LogP) is 5.11. The van der Waals surface area contributed by atoms with Gasteiger partial charge in [0.05, 0.1) is 5.92 Å². The van der Waals surface area contributed by atoms with Crippen molar-refractivity contribution < 1.29 is 5.11 Å². The summed E-state index contributed by atoms with van der Waals surface area (Å²) in [6, 6.07) is 17.8. The Kier molecular flexibility index (Phi) is 4.81. The molecule has 1 fully saturated rings. The molecule has 1 aliphatic rings. The molecule has 0 saturated heterocycles. The first-order chi connectivity index (χ1) is 10.8. The molecule has 1 nitrogen and oxygen atoms in total. The van der Waals surface area contributed by atoms with Crippen LogP contribution in [0.2, 0.25) is 0 Å². The molecule has 0 radical (unpaired) electrons. The molecule has 1 saturated carbocycles. The second-order valence-corrected chi connectivity index (χ2v) is 6.07. The third-order valence-electron chi connectivity index (χ3n) is 4.54. The molecule has 3 rings (SSSR count). The molecular weight excluding hydrogens is 268 g/mol. The van der Waals surface area contributed by atoms with E-state index in [2.05, 4.69) is 11.8 Å². The van der Waals surface area contributed by atoms with Gasteiger partial charge in [-0.1, -0.05) is 67.5 Å². The average molecular weight is 290 g/mol. The van der Waals surface area contributed by atoms with E-state index < -0.39 is 0 Å². The fourth-order valence-electron chi connectivity index (χ4n) is 3.35. The minimum Gasteiger partial charge on any atom is -0.508 e. The maximum absolute atomic E-state index is 10.2. The van der Waals surface area contributed by atoms with E-state index in [0.717, 1.165) is 11.1 Å². The van der Waals surface area contributed by atoms with Gasteiger partial charge < -0.3 is 5.11 Å². The van der Waals surface area contributed by atoms with Crippen molar-refractivity contribution in [2.45, 2.75) is 38.0 Å². The molecule has 1 atom stereocenters. The maximum Gasteiger partial charge on any atom is 0.120 e. The summed E-state index contributed by atoms with van der Waals surface area (Å²) >= 11 is 0. The minimum atomic E-state index is 0.127. The van der Waals surface area contributed by atoms with Crippen molar-refractivity contribution in [3.8, 4) is 17.6 Å². The third kappa shape index (κ3) is 3.52. The van der Waals surface area contributed by atoms with Crippen molar-refractivity contribution in [1.82, 2.24) is 0 Å². The summed E-state index contributed by atoms with van der Waals surface area (Å²) in [7, 11) is 0. The summed E-state index contributed by atoms with van der Waals surface area (Å²) in [6.45, 7) is 0. The van der Waals surface area contributed by atoms with Gasteiger partial charge in [0, 0.05) is 11.1 Å². The van der Waals surface area contributed by atoms with Crippen LogP contribution in [0, 0.1) is 17.8 Å². The molecule has 0 aromatic heterocycles. The lowest BCUT2D eigenvalue weighted by atomic mass is 9.77. The molecule has 0 heterocycles. The van der Waals surface area contributed by atoms with Gasteiger partial charge in [-0.15, -0.1) is 0 Å². The summed E-state index contributed by atoms with van der Waals surface area (Å²) in [5.74, 6) is 7.82. The van der Waals surface area contributed by atoms with Gasteiger partial charge in [0.25, 0.3) is 0 Å². The maximum atomic E-state index is 10.2. The monoisotopic (exact) mass is 290 g/mol. The molecule has 2 aromatic rings. The lowest BCUT2D eigenvalue weighted by molar-refractivity contribution is 0.332. The number of para-hydroxylation sites is 1. The second-order valence-electron chi connectivity index (χ2n) is 6.07. The average Bonchev–Trinajstić information content (AvgIpc) is 2.58. The molecule has 0 spiro atoms. The highest BCUT2D eigenvalue weighted by atomic mass is 16.3. The van der Waals surface area contributed by atoms with Crippen molar-refractivity contribution in [2.24, 2.45) is 5.92 Å². The summed E-state index contributed by atoms with van der Waals surface area (Å²) < 4.78 is 0. The third-order valence-corrected chi connectivity index (χ3v) is 4.54. The van der Waals surface area contributed by atoms with Crippen molar-refractivity contribution in [3.05, 3.63) is 65.7 Å². The molecule has 0 aliphatic heterocycles. The van der Waals surface area contributed by atoms with Crippen LogP contribution in [0.1, 0.15) is 49.1 Å². The molecule has 0 amide bonds. The van der Waals surface area contributed by atoms with Crippen LogP contribution in [-0.4, -0.2) is 5.11 Å². The Morgan fingerprint density at radius 1 is 0.864 bits per heavy atom. The first-order valence-electron chi connectivity index (χ1n) is 8.19. The Labute approximate surface area is 133 Å². The summed E-state index contributed by atoms with van der Waals surface area (Å²) in [5, 5.41) is 10.2. The van der Waals surface area contributed by atoms with Crippen molar-refractivity contribution in [3.63, 3.8) is 0 Å². The molecule has 0 bridgehead atoms. The summed E-state index contributed by atoms with van der Waals surface area (Å²) in [5.41, 5.74) is 2.02. The largest absolute Gasteiger partial charge is 0.508 e. The van der Waals surface area contributed by atoms with E-state index in [0.29, 0.717) is 11.7 Å². The number of rotatable bonds is 2. The number of hydrogen-bond acceptors (Lipinski definition) is 1. The Hall–Kier alpha value is -2.20. The number of phenolic OH excluding ortho intramolecular Hbond substituents is 1. The quantitative estimate of drug-likeness (QED) is 0.762. The van der Waals surface area contributed by atoms with Crippen LogP contribution in [0.5, 0.6) is 5.75 Å². The standard InChI is InChI=1S/C21H22O/c22-21-14-8-7-13-20(21)19(18-11-5-2-6-12-18)16-15-17-9-3-1-4-10-17/h1,3-4,7-10,13-14,18-19,22H,2,5-6,11-12H2/t19-/m1/s1. The van der Waals surface area contributed by atoms with E-state index in [9.17, 15) is 5.11 Å². The van der Waals surface area contributed by atoms with E-state index in [1.165, 1.54) is 32.1 Å². The van der Waals surface area contributed by atoms with Crippen LogP contribution < -0.4 is 0 Å². The van der Waals surface area contributed by atoms with Gasteiger partial charge >= 0.3 is 0 Å². The van der Waals surface area contributed by atoms with E-state index in [4.69, 9.17) is 0 Å². The van der Waals surface area contributed by atoms with Crippen LogP contribution in [0.15, 0.2) is 54.6 Å². The predicted molar refractivity (Wildman–Crippen MR) is 90.7 cm³/mol. The Balaban J connectivity index is 1.93. The highest BCUT2D eigenvalue weighted by Gasteiger charge is 2.25. The lowest BCUT2D eigenvalue weighted by Gasteiger charge is -2.27. The van der Waals surface area contributed by atoms with Gasteiger partial charge in [-0.3, -0.25) is 0 Å². The van der Waals surface area contributed by atoms with Gasteiger partial charge in [-0.05, 0) is 37.0 Å². The molecule has 22 heavy (non-hydrogen) atoms. The van der Waals surface area contributed by atoms with Gasteiger partial charge in [-0.25, -0.2) is 0 Å². The zero-order valence-electron chi connectivity index (χ0n) is 12.8. The fourth-order valence-corrected chi connectivity index (χ4v) is 3.35. The number of aromatic hydroxyl groups is 1. The second kappa shape index (κ2) is 7.18. The Morgan fingerprint density at radius 3 is 2.27 bits per heavy atom. The van der Waals surface area contributed by atoms with E-state index in [-0.39, 0.29) is 5.92 Å². The molecular formula is C21H22O. The fraction of sp³-hybridized carbons (Fsp3) is 0.333. The van der Waals surface area contributed by atoms with Crippen LogP contribution in [-0.2, 0) is 0 Å². The van der Waals surface area contributed by atoms with Crippen molar-refractivity contribution in [1.29, 1.82) is 0 Å². The number of benzene rings is 2. The zero-order valence-corrected chi connectivity index (χ0v) is 12.8. The number of hydrogen-bond donors (Lipinski definition) is 1. The van der Waals surface area contributed by atoms with E-state index >= 15 is 0 Å². The molecule has 0 unspecified atom stereocenters. The van der Waals surface area contributed by atoms with Crippen LogP contribution in [0.25, 0.3) is 0 Å². The Morgan fingerprint density at radius 2 is 1.55 bits per heavy atom. The SMILES string of the molecule is Oc1ccccc1[C@H](C#Cc1ccccc1)C1CCCCC1. The van der Waals surface area contributed by atoms with E-state index in [1.54, 1.807) is 6.07 Å². The molecule has 1 N–H and O–H groups in total. The van der Waals surface area contributed by atoms with Crippen molar-refractivity contribution >= 4 is 0 Å². The minimum absolute atomic E-state index is 0.127. The lowest BCUT2D eigenvalue weighted by Crippen LogP contribution is -2.15. The first-order valence-corrected chi connectivity index (χ1v) is 8.19. The molecule has 1 aliphatic carbocycles. The molecule has 2 aromatic carbocycles. The smallest absolute Gasteiger partial charge is 0.120 e. The normalized spacial score (nSPS) is 16.5. The highest BCUT2D eigenvalue weighted by molar-refractivity contribution is 5.43. The first kappa shape index (κ1) is 14.7. The summed E-state index contributed by atoms with van der Waals surface area (Å²) in [6.07, 6.45) is 6.31. The van der Waals surface area contributed by atoms with Gasteiger partial charge in [0.2, 0.25) is 0 Å². The topological polar surface area (TPSA) is 20.2 Å². The van der Waals surface area contributed by atoms with Gasteiger partial charge in [0.1, 0.15) is 5.75 Å². The zero-order chi connectivity index (χ0) is 15.2. The van der Waals surface area contributed by atoms with E-state index in [1.807, 2.05) is 48.5 Å². The summed E-state index contributed by atoms with van der Waals surface area (Å²) in [4.78, 5) is 0. The molecule has 1 heteroatoms. The number of phenols is 1. The van der Waals surface area contributed by atoms with Gasteiger partial charge in [0.15, 0.2) is 0 Å². The van der Waals surface area contributed by atoms with Gasteiger partial charge in [-0.2, -0.15) is 0 Å². The van der Waals surface area contributed by atoms with Crippen LogP contribution in [0.4, 0.5) is 0 Å². The van der Waals surface area contributed by atoms with Crippen molar-refractivity contribution in [2.75, 3.05) is 0 Å². The highest BCUT2D eigenvalue weighted by Crippen LogP contribution is 2.38. The Bertz CT molecular complexity index is 657.